The fourth-order valence-corrected chi connectivity index (χ4v) is 3.70. The van der Waals surface area contributed by atoms with E-state index in [4.69, 9.17) is 0 Å². The largest absolute Gasteiger partial charge is 0.355 e. The average Bonchev–Trinajstić information content (AvgIpc) is 2.95. The van der Waals surface area contributed by atoms with Gasteiger partial charge in [0.2, 0.25) is 5.95 Å². The Balaban J connectivity index is 1.65. The Morgan fingerprint density at radius 2 is 2.28 bits per heavy atom. The Hall–Kier alpha value is -0.840. The predicted molar refractivity (Wildman–Crippen MR) is 74.7 cm³/mol. The summed E-state index contributed by atoms with van der Waals surface area (Å²) in [6.07, 6.45) is 5.57. The highest BCUT2D eigenvalue weighted by molar-refractivity contribution is 9.10. The highest BCUT2D eigenvalue weighted by atomic mass is 79.9. The van der Waals surface area contributed by atoms with Gasteiger partial charge in [-0.3, -0.25) is 9.78 Å². The highest BCUT2D eigenvalue weighted by Crippen LogP contribution is 2.48. The fraction of sp³-hybridized carbons (Fsp3) is 0.692. The van der Waals surface area contributed by atoms with E-state index < -0.39 is 0 Å². The lowest BCUT2D eigenvalue weighted by Gasteiger charge is -2.21. The summed E-state index contributed by atoms with van der Waals surface area (Å²) in [5, 5.41) is 3.29. The van der Waals surface area contributed by atoms with Gasteiger partial charge in [-0.15, -0.1) is 0 Å². The molecule has 0 aromatic carbocycles. The topological polar surface area (TPSA) is 57.8 Å². The maximum absolute atomic E-state index is 11.6. The molecular weight excluding hydrogens is 294 g/mol. The van der Waals surface area contributed by atoms with E-state index in [9.17, 15) is 4.79 Å². The van der Waals surface area contributed by atoms with Crippen LogP contribution in [0.15, 0.2) is 9.27 Å². The smallest absolute Gasteiger partial charge is 0.266 e. The van der Waals surface area contributed by atoms with Gasteiger partial charge in [0.05, 0.1) is 5.69 Å². The van der Waals surface area contributed by atoms with Crippen LogP contribution in [0, 0.1) is 24.7 Å². The second-order valence-corrected chi connectivity index (χ2v) is 6.42. The molecule has 0 unspecified atom stereocenters. The average molecular weight is 312 g/mol. The number of halogens is 1. The van der Waals surface area contributed by atoms with E-state index >= 15 is 0 Å². The van der Waals surface area contributed by atoms with Crippen molar-refractivity contribution in [2.75, 3.05) is 11.9 Å². The molecule has 1 aromatic rings. The van der Waals surface area contributed by atoms with E-state index in [0.29, 0.717) is 10.4 Å². The van der Waals surface area contributed by atoms with Gasteiger partial charge in [-0.1, -0.05) is 6.42 Å². The molecule has 0 aliphatic heterocycles. The monoisotopic (exact) mass is 311 g/mol. The van der Waals surface area contributed by atoms with Crippen molar-refractivity contribution in [1.82, 2.24) is 9.97 Å². The number of fused-ring (bicyclic) bond motifs is 2. The molecule has 0 amide bonds. The van der Waals surface area contributed by atoms with Crippen molar-refractivity contribution in [1.29, 1.82) is 0 Å². The first-order valence-electron chi connectivity index (χ1n) is 6.63. The third-order valence-electron chi connectivity index (χ3n) is 4.44. The fourth-order valence-electron chi connectivity index (χ4n) is 3.51. The molecule has 4 nitrogen and oxygen atoms in total. The summed E-state index contributed by atoms with van der Waals surface area (Å²) >= 11 is 3.22. The number of hydrogen-bond donors (Lipinski definition) is 2. The van der Waals surface area contributed by atoms with Gasteiger partial charge in [0.25, 0.3) is 5.56 Å². The predicted octanol–water partition coefficient (Wildman–Crippen LogP) is 2.69. The van der Waals surface area contributed by atoms with E-state index in [-0.39, 0.29) is 5.56 Å². The molecular formula is C13H18BrN3O. The van der Waals surface area contributed by atoms with Crippen molar-refractivity contribution in [3.63, 3.8) is 0 Å². The molecule has 1 heterocycles. The zero-order chi connectivity index (χ0) is 12.7. The van der Waals surface area contributed by atoms with E-state index in [2.05, 4.69) is 31.2 Å². The first-order chi connectivity index (χ1) is 8.63. The second kappa shape index (κ2) is 4.68. The van der Waals surface area contributed by atoms with Crippen molar-refractivity contribution in [3.8, 4) is 0 Å². The molecule has 3 atom stereocenters. The molecule has 5 heteroatoms. The van der Waals surface area contributed by atoms with Gasteiger partial charge < -0.3 is 5.32 Å². The molecule has 2 fully saturated rings. The minimum Gasteiger partial charge on any atom is -0.355 e. The maximum atomic E-state index is 11.6. The molecule has 2 bridgehead atoms. The van der Waals surface area contributed by atoms with Crippen LogP contribution in [0.1, 0.15) is 31.4 Å². The number of H-pyrrole nitrogens is 1. The van der Waals surface area contributed by atoms with E-state index in [1.165, 1.54) is 25.7 Å². The second-order valence-electron chi connectivity index (χ2n) is 5.63. The molecule has 2 aliphatic carbocycles. The van der Waals surface area contributed by atoms with E-state index in [1.807, 2.05) is 6.92 Å². The molecule has 98 valence electrons. The maximum Gasteiger partial charge on any atom is 0.266 e. The van der Waals surface area contributed by atoms with Crippen LogP contribution in [-0.2, 0) is 0 Å². The molecule has 3 rings (SSSR count). The number of hydrogen-bond acceptors (Lipinski definition) is 3. The first kappa shape index (κ1) is 12.2. The minimum absolute atomic E-state index is 0.113. The number of nitrogens with zero attached hydrogens (tertiary/aromatic N) is 1. The van der Waals surface area contributed by atoms with Crippen LogP contribution in [0.3, 0.4) is 0 Å². The van der Waals surface area contributed by atoms with Gasteiger partial charge in [-0.2, -0.15) is 0 Å². The number of aromatic amines is 1. The van der Waals surface area contributed by atoms with Gasteiger partial charge in [-0.25, -0.2) is 4.98 Å². The van der Waals surface area contributed by atoms with Gasteiger partial charge in [-0.05, 0) is 59.9 Å². The molecule has 0 saturated heterocycles. The molecule has 0 radical (unpaired) electrons. The van der Waals surface area contributed by atoms with Crippen LogP contribution >= 0.6 is 15.9 Å². The van der Waals surface area contributed by atoms with Crippen molar-refractivity contribution >= 4 is 21.9 Å². The molecule has 18 heavy (non-hydrogen) atoms. The summed E-state index contributed by atoms with van der Waals surface area (Å²) in [5.74, 6) is 3.22. The van der Waals surface area contributed by atoms with Crippen LogP contribution < -0.4 is 10.9 Å². The lowest BCUT2D eigenvalue weighted by molar-refractivity contribution is 0.348. The number of aryl methyl sites for hydroxylation is 1. The SMILES string of the molecule is Cc1nc(NC[C@@H]2C[C@@H]3CC[C@@H]2C3)[nH]c(=O)c1Br. The number of anilines is 1. The Kier molecular flexibility index (Phi) is 3.18. The lowest BCUT2D eigenvalue weighted by atomic mass is 9.89. The Morgan fingerprint density at radius 3 is 2.89 bits per heavy atom. The summed E-state index contributed by atoms with van der Waals surface area (Å²) in [6, 6.07) is 0. The number of aromatic nitrogens is 2. The van der Waals surface area contributed by atoms with Crippen LogP contribution in [0.2, 0.25) is 0 Å². The van der Waals surface area contributed by atoms with Crippen molar-refractivity contribution < 1.29 is 0 Å². The van der Waals surface area contributed by atoms with Crippen LogP contribution in [0.5, 0.6) is 0 Å². The summed E-state index contributed by atoms with van der Waals surface area (Å²) in [5.41, 5.74) is 0.618. The zero-order valence-electron chi connectivity index (χ0n) is 10.5. The number of nitrogens with one attached hydrogen (secondary N) is 2. The van der Waals surface area contributed by atoms with Crippen LogP contribution in [-0.4, -0.2) is 16.5 Å². The molecule has 1 aromatic heterocycles. The summed E-state index contributed by atoms with van der Waals surface area (Å²) < 4.78 is 0.521. The molecule has 2 saturated carbocycles. The van der Waals surface area contributed by atoms with E-state index in [0.717, 1.165) is 30.0 Å². The first-order valence-corrected chi connectivity index (χ1v) is 7.43. The normalized spacial score (nSPS) is 29.8. The van der Waals surface area contributed by atoms with Gasteiger partial charge in [0.15, 0.2) is 0 Å². The Morgan fingerprint density at radius 1 is 1.44 bits per heavy atom. The Bertz CT molecular complexity index is 513. The summed E-state index contributed by atoms with van der Waals surface area (Å²) in [4.78, 5) is 18.7. The quantitative estimate of drug-likeness (QED) is 0.902. The summed E-state index contributed by atoms with van der Waals surface area (Å²) in [6.45, 7) is 2.77. The van der Waals surface area contributed by atoms with Crippen molar-refractivity contribution in [2.45, 2.75) is 32.6 Å². The van der Waals surface area contributed by atoms with Gasteiger partial charge in [0, 0.05) is 6.54 Å². The summed E-state index contributed by atoms with van der Waals surface area (Å²) in [7, 11) is 0. The van der Waals surface area contributed by atoms with Crippen LogP contribution in [0.25, 0.3) is 0 Å². The zero-order valence-corrected chi connectivity index (χ0v) is 12.1. The highest BCUT2D eigenvalue weighted by Gasteiger charge is 2.39. The van der Waals surface area contributed by atoms with E-state index in [1.54, 1.807) is 0 Å². The lowest BCUT2D eigenvalue weighted by Crippen LogP contribution is -2.23. The molecule has 2 aliphatic rings. The molecule has 0 spiro atoms. The Labute approximate surface area is 115 Å². The van der Waals surface area contributed by atoms with Crippen LogP contribution in [0.4, 0.5) is 5.95 Å². The third-order valence-corrected chi connectivity index (χ3v) is 5.38. The van der Waals surface area contributed by atoms with Gasteiger partial charge >= 0.3 is 0 Å². The van der Waals surface area contributed by atoms with Gasteiger partial charge in [0.1, 0.15) is 4.47 Å². The minimum atomic E-state index is -0.113. The van der Waals surface area contributed by atoms with Crippen molar-refractivity contribution in [2.24, 2.45) is 17.8 Å². The third kappa shape index (κ3) is 2.20. The molecule has 2 N–H and O–H groups in total. The standard InChI is InChI=1S/C13H18BrN3O/c1-7-11(14)12(18)17-13(16-7)15-6-10-5-8-2-3-9(10)4-8/h8-10H,2-6H2,1H3,(H2,15,16,17,18)/t8-,9-,10+/m1/s1. The van der Waals surface area contributed by atoms with Crippen molar-refractivity contribution in [3.05, 3.63) is 20.5 Å². The number of rotatable bonds is 3.